The molecule has 154 valence electrons. The second-order valence-electron chi connectivity index (χ2n) is 8.83. The van der Waals surface area contributed by atoms with Gasteiger partial charge in [0.15, 0.2) is 8.32 Å². The number of nitrogens with zero attached hydrogens (tertiary/aromatic N) is 1. The third kappa shape index (κ3) is 5.17. The molecule has 1 atom stereocenters. The Morgan fingerprint density at radius 1 is 1.30 bits per heavy atom. The van der Waals surface area contributed by atoms with Gasteiger partial charge in [0.1, 0.15) is 0 Å². The van der Waals surface area contributed by atoms with Gasteiger partial charge in [-0.05, 0) is 66.1 Å². The van der Waals surface area contributed by atoms with Crippen molar-refractivity contribution in [2.24, 2.45) is 0 Å². The molecular formula is C19H29F3INO2Si. The van der Waals surface area contributed by atoms with Crippen LogP contribution in [0.4, 0.5) is 13.2 Å². The first kappa shape index (κ1) is 22.9. The Hall–Kier alpha value is -0.353. The smallest absolute Gasteiger partial charge is 0.417 e. The lowest BCUT2D eigenvalue weighted by molar-refractivity contribution is -0.0890. The summed E-state index contributed by atoms with van der Waals surface area (Å²) in [6.45, 7) is 12.0. The van der Waals surface area contributed by atoms with E-state index < -0.39 is 20.3 Å². The molecule has 0 unspecified atom stereocenters. The SMILES string of the molecule is CC(C)(C)[Si](C)(C)OCC[C@H]1CCCCn2c(C(=O)C(F)(F)F)cc(I)c21. The minimum atomic E-state index is -4.84. The lowest BCUT2D eigenvalue weighted by Gasteiger charge is -2.36. The van der Waals surface area contributed by atoms with Gasteiger partial charge >= 0.3 is 6.18 Å². The molecule has 3 nitrogen and oxygen atoms in total. The van der Waals surface area contributed by atoms with E-state index in [4.69, 9.17) is 4.43 Å². The maximum Gasteiger partial charge on any atom is 0.456 e. The normalized spacial score (nSPS) is 18.9. The molecule has 0 aromatic carbocycles. The van der Waals surface area contributed by atoms with E-state index in [0.717, 1.165) is 34.9 Å². The highest BCUT2D eigenvalue weighted by molar-refractivity contribution is 14.1. The first-order valence-electron chi connectivity index (χ1n) is 9.40. The van der Waals surface area contributed by atoms with Gasteiger partial charge in [0.25, 0.3) is 5.78 Å². The first-order chi connectivity index (χ1) is 12.3. The molecule has 0 bridgehead atoms. The summed E-state index contributed by atoms with van der Waals surface area (Å²) in [5.41, 5.74) is 0.652. The van der Waals surface area contributed by atoms with Gasteiger partial charge in [-0.3, -0.25) is 4.79 Å². The molecule has 0 amide bonds. The molecule has 1 aliphatic heterocycles. The van der Waals surface area contributed by atoms with Crippen LogP contribution in [-0.4, -0.2) is 31.5 Å². The van der Waals surface area contributed by atoms with Gasteiger partial charge in [-0.2, -0.15) is 13.2 Å². The van der Waals surface area contributed by atoms with Crippen LogP contribution in [0.15, 0.2) is 6.07 Å². The highest BCUT2D eigenvalue weighted by atomic mass is 127. The number of Topliss-reactive ketones (excluding diaryl/α,β-unsaturated/α-hetero) is 1. The number of alkyl halides is 3. The summed E-state index contributed by atoms with van der Waals surface area (Å²) >= 11 is 2.07. The maximum absolute atomic E-state index is 13.0. The van der Waals surface area contributed by atoms with E-state index in [9.17, 15) is 18.0 Å². The number of aromatic nitrogens is 1. The highest BCUT2D eigenvalue weighted by Crippen LogP contribution is 2.39. The van der Waals surface area contributed by atoms with E-state index in [0.29, 0.717) is 13.2 Å². The van der Waals surface area contributed by atoms with E-state index in [-0.39, 0.29) is 16.7 Å². The molecule has 0 saturated heterocycles. The van der Waals surface area contributed by atoms with Gasteiger partial charge in [0.2, 0.25) is 0 Å². The number of hydrogen-bond donors (Lipinski definition) is 0. The van der Waals surface area contributed by atoms with Crippen LogP contribution < -0.4 is 0 Å². The number of fused-ring (bicyclic) bond motifs is 1. The van der Waals surface area contributed by atoms with Crippen molar-refractivity contribution < 1.29 is 22.4 Å². The van der Waals surface area contributed by atoms with E-state index in [1.807, 2.05) is 0 Å². The summed E-state index contributed by atoms with van der Waals surface area (Å²) in [5, 5.41) is 0.122. The monoisotopic (exact) mass is 515 g/mol. The fraction of sp³-hybridized carbons (Fsp3) is 0.737. The van der Waals surface area contributed by atoms with Crippen LogP contribution in [0.5, 0.6) is 0 Å². The average molecular weight is 515 g/mol. The van der Waals surface area contributed by atoms with Crippen LogP contribution >= 0.6 is 22.6 Å². The molecule has 8 heteroatoms. The molecule has 2 rings (SSSR count). The Kier molecular flexibility index (Phi) is 6.95. The van der Waals surface area contributed by atoms with Gasteiger partial charge in [-0.15, -0.1) is 0 Å². The van der Waals surface area contributed by atoms with Crippen molar-refractivity contribution in [3.05, 3.63) is 21.0 Å². The topological polar surface area (TPSA) is 31.2 Å². The van der Waals surface area contributed by atoms with E-state index >= 15 is 0 Å². The number of carbonyl (C=O) groups is 1. The second kappa shape index (κ2) is 8.18. The van der Waals surface area contributed by atoms with Crippen LogP contribution in [0.1, 0.15) is 68.6 Å². The molecular weight excluding hydrogens is 486 g/mol. The lowest BCUT2D eigenvalue weighted by atomic mass is 9.96. The molecule has 27 heavy (non-hydrogen) atoms. The Labute approximate surface area is 174 Å². The highest BCUT2D eigenvalue weighted by Gasteiger charge is 2.42. The number of halogens is 4. The van der Waals surface area contributed by atoms with E-state index in [1.165, 1.54) is 6.07 Å². The van der Waals surface area contributed by atoms with Crippen LogP contribution in [0.25, 0.3) is 0 Å². The Balaban J connectivity index is 2.23. The second-order valence-corrected chi connectivity index (χ2v) is 14.8. The average Bonchev–Trinajstić information content (AvgIpc) is 2.69. The van der Waals surface area contributed by atoms with Gasteiger partial charge in [-0.1, -0.05) is 27.2 Å². The quantitative estimate of drug-likeness (QED) is 0.254. The van der Waals surface area contributed by atoms with Crippen molar-refractivity contribution in [3.8, 4) is 0 Å². The number of rotatable bonds is 5. The van der Waals surface area contributed by atoms with Crippen molar-refractivity contribution in [3.63, 3.8) is 0 Å². The zero-order valence-electron chi connectivity index (χ0n) is 16.7. The van der Waals surface area contributed by atoms with Crippen molar-refractivity contribution in [2.75, 3.05) is 6.61 Å². The van der Waals surface area contributed by atoms with Crippen molar-refractivity contribution in [2.45, 2.75) is 83.2 Å². The largest absolute Gasteiger partial charge is 0.456 e. The van der Waals surface area contributed by atoms with Gasteiger partial charge in [0, 0.05) is 28.3 Å². The van der Waals surface area contributed by atoms with Crippen molar-refractivity contribution >= 4 is 36.7 Å². The molecule has 0 radical (unpaired) electrons. The maximum atomic E-state index is 13.0. The fourth-order valence-electron chi connectivity index (χ4n) is 3.27. The van der Waals surface area contributed by atoms with E-state index in [2.05, 4.69) is 56.5 Å². The predicted molar refractivity (Wildman–Crippen MR) is 112 cm³/mol. The molecule has 1 aromatic rings. The molecule has 0 aliphatic carbocycles. The predicted octanol–water partition coefficient (Wildman–Crippen LogP) is 6.52. The third-order valence-electron chi connectivity index (χ3n) is 5.89. The summed E-state index contributed by atoms with van der Waals surface area (Å²) < 4.78 is 47.6. The van der Waals surface area contributed by atoms with Gasteiger partial charge in [-0.25, -0.2) is 0 Å². The molecule has 1 aliphatic rings. The van der Waals surface area contributed by atoms with Gasteiger partial charge < -0.3 is 8.99 Å². The number of hydrogen-bond acceptors (Lipinski definition) is 2. The van der Waals surface area contributed by atoms with Gasteiger partial charge in [0.05, 0.1) is 5.69 Å². The fourth-order valence-corrected chi connectivity index (χ4v) is 5.36. The lowest BCUT2D eigenvalue weighted by Crippen LogP contribution is -2.41. The summed E-state index contributed by atoms with van der Waals surface area (Å²) in [7, 11) is -1.86. The van der Waals surface area contributed by atoms with Crippen molar-refractivity contribution in [1.82, 2.24) is 4.57 Å². The molecule has 0 spiro atoms. The van der Waals surface area contributed by atoms with Crippen LogP contribution in [0.2, 0.25) is 18.1 Å². The molecule has 0 N–H and O–H groups in total. The summed E-state index contributed by atoms with van der Waals surface area (Å²) in [6, 6.07) is 1.40. The van der Waals surface area contributed by atoms with Crippen LogP contribution in [0, 0.1) is 3.57 Å². The zero-order chi connectivity index (χ0) is 20.6. The standard InChI is InChI=1S/C19H29F3INO2Si/c1-18(2,3)27(4,5)26-11-9-13-8-6-7-10-24-15(12-14(23)16(13)24)17(25)19(20,21)22/h12-13H,6-11H2,1-5H3/t13-/m1/s1. The zero-order valence-corrected chi connectivity index (χ0v) is 19.8. The van der Waals surface area contributed by atoms with Crippen LogP contribution in [-0.2, 0) is 11.0 Å². The van der Waals surface area contributed by atoms with Crippen LogP contribution in [0.3, 0.4) is 0 Å². The minimum Gasteiger partial charge on any atom is -0.417 e. The first-order valence-corrected chi connectivity index (χ1v) is 13.4. The minimum absolute atomic E-state index is 0.122. The molecule has 2 heterocycles. The Bertz CT molecular complexity index is 692. The Morgan fingerprint density at radius 3 is 2.48 bits per heavy atom. The third-order valence-corrected chi connectivity index (χ3v) is 11.3. The number of ketones is 1. The van der Waals surface area contributed by atoms with Crippen molar-refractivity contribution in [1.29, 1.82) is 0 Å². The summed E-state index contributed by atoms with van der Waals surface area (Å²) in [6.07, 6.45) is -1.42. The summed E-state index contributed by atoms with van der Waals surface area (Å²) in [5.74, 6) is -1.62. The molecule has 1 aromatic heterocycles. The summed E-state index contributed by atoms with van der Waals surface area (Å²) in [4.78, 5) is 11.9. The number of carbonyl (C=O) groups excluding carboxylic acids is 1. The molecule has 0 fully saturated rings. The van der Waals surface area contributed by atoms with E-state index in [1.54, 1.807) is 4.57 Å². The Morgan fingerprint density at radius 2 is 1.93 bits per heavy atom. The molecule has 0 saturated carbocycles.